The Morgan fingerprint density at radius 1 is 1.11 bits per heavy atom. The smallest absolute Gasteiger partial charge is 0.330 e. The summed E-state index contributed by atoms with van der Waals surface area (Å²) < 4.78 is 4.90. The van der Waals surface area contributed by atoms with E-state index in [-0.39, 0.29) is 24.4 Å². The van der Waals surface area contributed by atoms with E-state index < -0.39 is 12.0 Å². The number of esters is 1. The molecule has 0 radical (unpaired) electrons. The number of nitrogens with zero attached hydrogens (tertiary/aromatic N) is 2. The van der Waals surface area contributed by atoms with Crippen molar-refractivity contribution in [2.75, 3.05) is 45.2 Å². The molecule has 1 atom stereocenters. The minimum atomic E-state index is -0.771. The molecule has 2 aliphatic heterocycles. The van der Waals surface area contributed by atoms with Gasteiger partial charge in [0, 0.05) is 24.7 Å². The van der Waals surface area contributed by atoms with Gasteiger partial charge in [-0.1, -0.05) is 18.2 Å². The van der Waals surface area contributed by atoms with E-state index >= 15 is 0 Å². The minimum Gasteiger partial charge on any atom is -0.467 e. The van der Waals surface area contributed by atoms with E-state index in [1.807, 2.05) is 18.2 Å². The Bertz CT molecular complexity index is 676. The maximum Gasteiger partial charge on any atom is 0.330 e. The predicted octanol–water partition coefficient (Wildman–Crippen LogP) is 0.904. The fourth-order valence-electron chi connectivity index (χ4n) is 3.60. The normalized spacial score (nSPS) is 20.9. The van der Waals surface area contributed by atoms with Crippen molar-refractivity contribution in [3.05, 3.63) is 30.3 Å². The van der Waals surface area contributed by atoms with Crippen LogP contribution in [0, 0.1) is 5.92 Å². The standard InChI is InChI=1S/C19H26N4O4/c1-27-18(25)16-13-22(19(26)21-15-5-3-2-4-6-15)11-12-23(16)17(24)14-7-9-20-10-8-14/h2-6,14,16,20H,7-13H2,1H3,(H,21,26). The average molecular weight is 374 g/mol. The first-order valence-corrected chi connectivity index (χ1v) is 9.30. The second-order valence-corrected chi connectivity index (χ2v) is 6.84. The SMILES string of the molecule is COC(=O)C1CN(C(=O)Nc2ccccc2)CCN1C(=O)C1CCNCC1. The molecule has 3 rings (SSSR count). The Morgan fingerprint density at radius 3 is 2.48 bits per heavy atom. The molecule has 2 saturated heterocycles. The number of anilines is 1. The van der Waals surface area contributed by atoms with Crippen LogP contribution in [0.5, 0.6) is 0 Å². The Balaban J connectivity index is 1.67. The van der Waals surface area contributed by atoms with Gasteiger partial charge in [-0.05, 0) is 38.1 Å². The summed E-state index contributed by atoms with van der Waals surface area (Å²) in [7, 11) is 1.30. The van der Waals surface area contributed by atoms with E-state index in [0.717, 1.165) is 25.9 Å². The number of methoxy groups -OCH3 is 1. The van der Waals surface area contributed by atoms with E-state index in [0.29, 0.717) is 18.8 Å². The van der Waals surface area contributed by atoms with Gasteiger partial charge in [-0.2, -0.15) is 0 Å². The Hall–Kier alpha value is -2.61. The van der Waals surface area contributed by atoms with Crippen LogP contribution in [0.25, 0.3) is 0 Å². The van der Waals surface area contributed by atoms with Crippen molar-refractivity contribution in [2.45, 2.75) is 18.9 Å². The van der Waals surface area contributed by atoms with Crippen LogP contribution in [-0.2, 0) is 14.3 Å². The molecule has 0 saturated carbocycles. The Morgan fingerprint density at radius 2 is 1.81 bits per heavy atom. The van der Waals surface area contributed by atoms with Gasteiger partial charge in [0.2, 0.25) is 5.91 Å². The van der Waals surface area contributed by atoms with Gasteiger partial charge in [-0.15, -0.1) is 0 Å². The van der Waals surface area contributed by atoms with E-state index in [1.54, 1.807) is 21.9 Å². The van der Waals surface area contributed by atoms with Gasteiger partial charge in [0.1, 0.15) is 6.04 Å². The molecule has 3 amide bonds. The molecule has 1 aromatic carbocycles. The van der Waals surface area contributed by atoms with E-state index in [4.69, 9.17) is 4.74 Å². The molecular formula is C19H26N4O4. The molecule has 27 heavy (non-hydrogen) atoms. The largest absolute Gasteiger partial charge is 0.467 e. The molecule has 0 bridgehead atoms. The van der Waals surface area contributed by atoms with Crippen molar-refractivity contribution in [3.63, 3.8) is 0 Å². The first-order chi connectivity index (χ1) is 13.1. The number of carbonyl (C=O) groups is 3. The lowest BCUT2D eigenvalue weighted by atomic mass is 9.95. The quantitative estimate of drug-likeness (QED) is 0.768. The molecule has 8 nitrogen and oxygen atoms in total. The van der Waals surface area contributed by atoms with E-state index in [1.165, 1.54) is 7.11 Å². The molecule has 2 N–H and O–H groups in total. The summed E-state index contributed by atoms with van der Waals surface area (Å²) >= 11 is 0. The first kappa shape index (κ1) is 19.2. The van der Waals surface area contributed by atoms with Crippen LogP contribution in [0.2, 0.25) is 0 Å². The minimum absolute atomic E-state index is 0.0185. The highest BCUT2D eigenvalue weighted by Crippen LogP contribution is 2.21. The summed E-state index contributed by atoms with van der Waals surface area (Å²) in [5, 5.41) is 6.06. The molecule has 1 aromatic rings. The number of carbonyl (C=O) groups excluding carboxylic acids is 3. The van der Waals surface area contributed by atoms with Gasteiger partial charge < -0.3 is 25.2 Å². The fourth-order valence-corrected chi connectivity index (χ4v) is 3.60. The second kappa shape index (κ2) is 8.85. The summed E-state index contributed by atoms with van der Waals surface area (Å²) in [4.78, 5) is 40.9. The van der Waals surface area contributed by atoms with Crippen LogP contribution < -0.4 is 10.6 Å². The maximum atomic E-state index is 12.9. The van der Waals surface area contributed by atoms with Crippen molar-refractivity contribution in [3.8, 4) is 0 Å². The van der Waals surface area contributed by atoms with Gasteiger partial charge in [0.25, 0.3) is 0 Å². The number of urea groups is 1. The summed E-state index contributed by atoms with van der Waals surface area (Å²) in [5.74, 6) is -0.590. The van der Waals surface area contributed by atoms with Crippen molar-refractivity contribution < 1.29 is 19.1 Å². The molecule has 8 heteroatoms. The molecule has 0 aliphatic carbocycles. The number of piperazine rings is 1. The number of nitrogens with one attached hydrogen (secondary N) is 2. The zero-order chi connectivity index (χ0) is 19.2. The molecular weight excluding hydrogens is 348 g/mol. The van der Waals surface area contributed by atoms with Crippen LogP contribution >= 0.6 is 0 Å². The summed E-state index contributed by atoms with van der Waals surface area (Å²) in [6.45, 7) is 2.44. The van der Waals surface area contributed by atoms with Gasteiger partial charge in [0.05, 0.1) is 13.7 Å². The van der Waals surface area contributed by atoms with Crippen LogP contribution in [0.4, 0.5) is 10.5 Å². The van der Waals surface area contributed by atoms with Crippen molar-refractivity contribution in [1.29, 1.82) is 0 Å². The zero-order valence-corrected chi connectivity index (χ0v) is 15.5. The molecule has 146 valence electrons. The third-order valence-corrected chi connectivity index (χ3v) is 5.14. The molecule has 2 aliphatic rings. The molecule has 2 fully saturated rings. The predicted molar refractivity (Wildman–Crippen MR) is 100 cm³/mol. The average Bonchev–Trinajstić information content (AvgIpc) is 2.73. The number of hydrogen-bond donors (Lipinski definition) is 2. The Labute approximate surface area is 158 Å². The van der Waals surface area contributed by atoms with Crippen LogP contribution in [0.15, 0.2) is 30.3 Å². The number of para-hydroxylation sites is 1. The number of hydrogen-bond acceptors (Lipinski definition) is 5. The Kier molecular flexibility index (Phi) is 6.28. The summed E-state index contributed by atoms with van der Waals surface area (Å²) in [5.41, 5.74) is 0.685. The van der Waals surface area contributed by atoms with Crippen molar-refractivity contribution >= 4 is 23.6 Å². The number of benzene rings is 1. The number of amides is 3. The third-order valence-electron chi connectivity index (χ3n) is 5.14. The highest BCUT2D eigenvalue weighted by atomic mass is 16.5. The molecule has 0 aromatic heterocycles. The lowest BCUT2D eigenvalue weighted by molar-refractivity contribution is -0.157. The van der Waals surface area contributed by atoms with E-state index in [2.05, 4.69) is 10.6 Å². The second-order valence-electron chi connectivity index (χ2n) is 6.84. The first-order valence-electron chi connectivity index (χ1n) is 9.30. The monoisotopic (exact) mass is 374 g/mol. The van der Waals surface area contributed by atoms with Gasteiger partial charge in [-0.25, -0.2) is 9.59 Å². The lowest BCUT2D eigenvalue weighted by Gasteiger charge is -2.41. The van der Waals surface area contributed by atoms with Crippen LogP contribution in [0.1, 0.15) is 12.8 Å². The highest BCUT2D eigenvalue weighted by molar-refractivity contribution is 5.91. The number of piperidine rings is 1. The van der Waals surface area contributed by atoms with Gasteiger partial charge in [0.15, 0.2) is 0 Å². The molecule has 2 heterocycles. The van der Waals surface area contributed by atoms with E-state index in [9.17, 15) is 14.4 Å². The van der Waals surface area contributed by atoms with Crippen molar-refractivity contribution in [1.82, 2.24) is 15.1 Å². The lowest BCUT2D eigenvalue weighted by Crippen LogP contribution is -2.61. The van der Waals surface area contributed by atoms with Crippen molar-refractivity contribution in [2.24, 2.45) is 5.92 Å². The van der Waals surface area contributed by atoms with Gasteiger partial charge >= 0.3 is 12.0 Å². The summed E-state index contributed by atoms with van der Waals surface area (Å²) in [6, 6.07) is 8.08. The number of rotatable bonds is 3. The highest BCUT2D eigenvalue weighted by Gasteiger charge is 2.40. The zero-order valence-electron chi connectivity index (χ0n) is 15.5. The maximum absolute atomic E-state index is 12.9. The van der Waals surface area contributed by atoms with Crippen LogP contribution in [-0.4, -0.2) is 73.6 Å². The summed E-state index contributed by atoms with van der Waals surface area (Å²) in [6.07, 6.45) is 1.53. The third kappa shape index (κ3) is 4.57. The fraction of sp³-hybridized carbons (Fsp3) is 0.526. The molecule has 0 spiro atoms. The molecule has 1 unspecified atom stereocenters. The number of ether oxygens (including phenoxy) is 1. The van der Waals surface area contributed by atoms with Gasteiger partial charge in [-0.3, -0.25) is 4.79 Å². The van der Waals surface area contributed by atoms with Crippen LogP contribution in [0.3, 0.4) is 0 Å². The topological polar surface area (TPSA) is 91.0 Å².